The molecule has 2 amide bonds. The predicted molar refractivity (Wildman–Crippen MR) is 103 cm³/mol. The Labute approximate surface area is 164 Å². The van der Waals surface area contributed by atoms with E-state index in [-0.39, 0.29) is 17.4 Å². The lowest BCUT2D eigenvalue weighted by Crippen LogP contribution is -2.47. The third-order valence-corrected chi connectivity index (χ3v) is 4.05. The summed E-state index contributed by atoms with van der Waals surface area (Å²) in [6.07, 6.45) is 1.46. The summed E-state index contributed by atoms with van der Waals surface area (Å²) in [6.45, 7) is 3.36. The van der Waals surface area contributed by atoms with Crippen LogP contribution in [0.1, 0.15) is 30.0 Å². The lowest BCUT2D eigenvalue weighted by Gasteiger charge is -2.19. The molecule has 27 heavy (non-hydrogen) atoms. The van der Waals surface area contributed by atoms with Crippen LogP contribution in [0, 0.1) is 5.92 Å². The number of carbonyl (C=O) groups excluding carboxylic acids is 2. The smallest absolute Gasteiger partial charge is 0.326 e. The highest BCUT2D eigenvalue weighted by atomic mass is 79.9. The molecule has 0 bridgehead atoms. The summed E-state index contributed by atoms with van der Waals surface area (Å²) < 4.78 is 5.56. The van der Waals surface area contributed by atoms with Crippen molar-refractivity contribution in [2.45, 2.75) is 19.9 Å². The molecule has 7 nitrogen and oxygen atoms in total. The quantitative estimate of drug-likeness (QED) is 0.580. The molecule has 1 heterocycles. The summed E-state index contributed by atoms with van der Waals surface area (Å²) in [6, 6.07) is 10.8. The van der Waals surface area contributed by atoms with E-state index in [1.54, 1.807) is 44.2 Å². The topological polar surface area (TPSA) is 109 Å². The van der Waals surface area contributed by atoms with Crippen molar-refractivity contribution in [3.05, 3.63) is 64.2 Å². The van der Waals surface area contributed by atoms with Gasteiger partial charge in [-0.1, -0.05) is 44.2 Å². The van der Waals surface area contributed by atoms with Gasteiger partial charge in [0.15, 0.2) is 10.4 Å². The summed E-state index contributed by atoms with van der Waals surface area (Å²) >= 11 is 3.11. The van der Waals surface area contributed by atoms with Gasteiger partial charge >= 0.3 is 5.97 Å². The normalized spacial score (nSPS) is 12.5. The monoisotopic (exact) mass is 434 g/mol. The van der Waals surface area contributed by atoms with E-state index in [0.29, 0.717) is 10.2 Å². The second-order valence-corrected chi connectivity index (χ2v) is 6.84. The molecule has 0 saturated heterocycles. The molecule has 0 aliphatic heterocycles. The fraction of sp³-hybridized carbons (Fsp3) is 0.211. The van der Waals surface area contributed by atoms with E-state index in [9.17, 15) is 19.5 Å². The molecule has 8 heteroatoms. The van der Waals surface area contributed by atoms with Gasteiger partial charge in [0.05, 0.1) is 0 Å². The summed E-state index contributed by atoms with van der Waals surface area (Å²) in [7, 11) is 0. The molecule has 0 radical (unpaired) electrons. The van der Waals surface area contributed by atoms with Crippen LogP contribution in [0.15, 0.2) is 57.2 Å². The third kappa shape index (κ3) is 5.82. The largest absolute Gasteiger partial charge is 0.480 e. The first-order valence-electron chi connectivity index (χ1n) is 8.15. The summed E-state index contributed by atoms with van der Waals surface area (Å²) in [5, 5.41) is 14.2. The van der Waals surface area contributed by atoms with E-state index in [4.69, 9.17) is 4.42 Å². The molecule has 142 valence electrons. The lowest BCUT2D eigenvalue weighted by molar-refractivity contribution is -0.142. The van der Waals surface area contributed by atoms with Gasteiger partial charge in [-0.15, -0.1) is 0 Å². The highest BCUT2D eigenvalue weighted by molar-refractivity contribution is 9.10. The number of nitrogens with one attached hydrogen (secondary N) is 2. The number of halogens is 1. The number of hydrogen-bond acceptors (Lipinski definition) is 4. The Balaban J connectivity index is 2.29. The maximum atomic E-state index is 12.6. The van der Waals surface area contributed by atoms with Crippen molar-refractivity contribution in [1.82, 2.24) is 10.6 Å². The molecule has 0 fully saturated rings. The molecule has 1 aromatic carbocycles. The van der Waals surface area contributed by atoms with Gasteiger partial charge in [0.1, 0.15) is 11.7 Å². The van der Waals surface area contributed by atoms with Crippen molar-refractivity contribution in [3.63, 3.8) is 0 Å². The van der Waals surface area contributed by atoms with Gasteiger partial charge in [-0.2, -0.15) is 0 Å². The molecule has 1 atom stereocenters. The minimum Gasteiger partial charge on any atom is -0.480 e. The van der Waals surface area contributed by atoms with Crippen molar-refractivity contribution in [3.8, 4) is 0 Å². The van der Waals surface area contributed by atoms with Gasteiger partial charge in [-0.3, -0.25) is 9.59 Å². The molecule has 0 aliphatic carbocycles. The molecule has 3 N–H and O–H groups in total. The number of carboxylic acid groups (broad SMARTS) is 1. The number of carboxylic acids is 1. The van der Waals surface area contributed by atoms with Crippen LogP contribution < -0.4 is 10.6 Å². The van der Waals surface area contributed by atoms with E-state index >= 15 is 0 Å². The van der Waals surface area contributed by atoms with E-state index in [2.05, 4.69) is 26.6 Å². The Morgan fingerprint density at radius 1 is 1.11 bits per heavy atom. The Bertz CT molecular complexity index is 858. The molecule has 0 aliphatic rings. The Morgan fingerprint density at radius 3 is 2.30 bits per heavy atom. The molecule has 2 rings (SSSR count). The molecular weight excluding hydrogens is 416 g/mol. The predicted octanol–water partition coefficient (Wildman–Crippen LogP) is 3.04. The lowest BCUT2D eigenvalue weighted by atomic mass is 10.0. The molecule has 0 saturated carbocycles. The highest BCUT2D eigenvalue weighted by Crippen LogP contribution is 2.15. The Morgan fingerprint density at radius 2 is 1.78 bits per heavy atom. The zero-order valence-corrected chi connectivity index (χ0v) is 16.3. The van der Waals surface area contributed by atoms with Crippen molar-refractivity contribution in [2.24, 2.45) is 5.92 Å². The average Bonchev–Trinajstić information content (AvgIpc) is 3.05. The van der Waals surface area contributed by atoms with Crippen LogP contribution in [0.2, 0.25) is 0 Å². The Hall–Kier alpha value is -2.87. The van der Waals surface area contributed by atoms with Crippen LogP contribution >= 0.6 is 15.9 Å². The molecule has 1 aromatic heterocycles. The highest BCUT2D eigenvalue weighted by Gasteiger charge is 2.26. The second-order valence-electron chi connectivity index (χ2n) is 6.06. The number of hydrogen-bond donors (Lipinski definition) is 3. The maximum absolute atomic E-state index is 12.6. The summed E-state index contributed by atoms with van der Waals surface area (Å²) in [5.41, 5.74) is 0.575. The van der Waals surface area contributed by atoms with Gasteiger partial charge < -0.3 is 20.2 Å². The summed E-state index contributed by atoms with van der Waals surface area (Å²) in [5.74, 6) is -2.82. The zero-order valence-electron chi connectivity index (χ0n) is 14.7. The third-order valence-electron chi connectivity index (χ3n) is 3.62. The van der Waals surface area contributed by atoms with Gasteiger partial charge in [0.2, 0.25) is 0 Å². The van der Waals surface area contributed by atoms with Gasteiger partial charge in [-0.05, 0) is 45.6 Å². The number of benzene rings is 1. The number of furan rings is 1. The molecule has 0 unspecified atom stereocenters. The first kappa shape index (κ1) is 20.4. The SMILES string of the molecule is CC(C)[C@H](NC(=O)/C(=C\c1ccccc1)NC(=O)c1ccc(Br)o1)C(=O)O. The standard InChI is InChI=1S/C19H19BrN2O5/c1-11(2)16(19(25)26)22-17(23)13(10-12-6-4-3-5-7-12)21-18(24)14-8-9-15(20)27-14/h3-11,16H,1-2H3,(H,21,24)(H,22,23)(H,25,26)/b13-10+/t16-/m0/s1. The van der Waals surface area contributed by atoms with Crippen LogP contribution in [0.5, 0.6) is 0 Å². The first-order valence-corrected chi connectivity index (χ1v) is 8.94. The fourth-order valence-electron chi connectivity index (χ4n) is 2.23. The van der Waals surface area contributed by atoms with Crippen molar-refractivity contribution >= 4 is 39.8 Å². The number of carbonyl (C=O) groups is 3. The van der Waals surface area contributed by atoms with Crippen LogP contribution in [-0.2, 0) is 9.59 Å². The van der Waals surface area contributed by atoms with E-state index in [1.807, 2.05) is 6.07 Å². The van der Waals surface area contributed by atoms with Gasteiger partial charge in [0.25, 0.3) is 11.8 Å². The first-order chi connectivity index (χ1) is 12.8. The molecule has 0 spiro atoms. The van der Waals surface area contributed by atoms with E-state index in [0.717, 1.165) is 0 Å². The van der Waals surface area contributed by atoms with Gasteiger partial charge in [0, 0.05) is 0 Å². The Kier molecular flexibility index (Phi) is 6.95. The van der Waals surface area contributed by atoms with Crippen LogP contribution in [-0.4, -0.2) is 28.9 Å². The number of rotatable bonds is 7. The molecule has 2 aromatic rings. The molecular formula is C19H19BrN2O5. The van der Waals surface area contributed by atoms with Crippen molar-refractivity contribution < 1.29 is 23.9 Å². The van der Waals surface area contributed by atoms with Gasteiger partial charge in [-0.25, -0.2) is 4.79 Å². The van der Waals surface area contributed by atoms with Crippen molar-refractivity contribution in [1.29, 1.82) is 0 Å². The average molecular weight is 435 g/mol. The van der Waals surface area contributed by atoms with Crippen molar-refractivity contribution in [2.75, 3.05) is 0 Å². The van der Waals surface area contributed by atoms with E-state index < -0.39 is 23.8 Å². The minimum atomic E-state index is -1.15. The number of aliphatic carboxylic acids is 1. The van der Waals surface area contributed by atoms with Crippen LogP contribution in [0.3, 0.4) is 0 Å². The van der Waals surface area contributed by atoms with Crippen LogP contribution in [0.4, 0.5) is 0 Å². The number of amides is 2. The van der Waals surface area contributed by atoms with Crippen LogP contribution in [0.25, 0.3) is 6.08 Å². The zero-order chi connectivity index (χ0) is 20.0. The second kappa shape index (κ2) is 9.18. The maximum Gasteiger partial charge on any atom is 0.326 e. The summed E-state index contributed by atoms with van der Waals surface area (Å²) in [4.78, 5) is 36.4. The van der Waals surface area contributed by atoms with E-state index in [1.165, 1.54) is 12.1 Å². The fourth-order valence-corrected chi connectivity index (χ4v) is 2.53. The minimum absolute atomic E-state index is 0.00674.